The highest BCUT2D eigenvalue weighted by Gasteiger charge is 2.48. The van der Waals surface area contributed by atoms with Crippen molar-refractivity contribution in [3.8, 4) is 0 Å². The molecule has 1 aromatic heterocycles. The molecular weight excluding hydrogens is 262 g/mol. The second-order valence-electron chi connectivity index (χ2n) is 5.39. The van der Waals surface area contributed by atoms with Crippen LogP contribution in [-0.2, 0) is 11.3 Å². The van der Waals surface area contributed by atoms with Gasteiger partial charge in [-0.25, -0.2) is 9.59 Å². The largest absolute Gasteiger partial charge is 0.480 e. The number of carbonyl (C=O) groups is 2. The van der Waals surface area contributed by atoms with Gasteiger partial charge in [0.2, 0.25) is 0 Å². The number of hydrogen-bond donors (Lipinski definition) is 3. The van der Waals surface area contributed by atoms with Gasteiger partial charge in [-0.3, -0.25) is 0 Å². The van der Waals surface area contributed by atoms with E-state index in [9.17, 15) is 14.7 Å². The van der Waals surface area contributed by atoms with E-state index in [0.717, 1.165) is 18.4 Å². The molecular formula is C13H19N3O4. The number of nitrogens with zero attached hydrogens (tertiary/aromatic N) is 1. The molecule has 0 aromatic carbocycles. The Hall–Kier alpha value is -2.05. The van der Waals surface area contributed by atoms with Crippen molar-refractivity contribution >= 4 is 12.0 Å². The summed E-state index contributed by atoms with van der Waals surface area (Å²) in [6.45, 7) is 5.35. The average Bonchev–Trinajstić information content (AvgIpc) is 3.16. The molecule has 1 heterocycles. The Labute approximate surface area is 116 Å². The van der Waals surface area contributed by atoms with Gasteiger partial charge in [-0.2, -0.15) is 0 Å². The predicted molar refractivity (Wildman–Crippen MR) is 70.1 cm³/mol. The van der Waals surface area contributed by atoms with Crippen molar-refractivity contribution in [2.75, 3.05) is 0 Å². The number of urea groups is 1. The van der Waals surface area contributed by atoms with Gasteiger partial charge in [0.1, 0.15) is 11.3 Å². The van der Waals surface area contributed by atoms with E-state index >= 15 is 0 Å². The topological polar surface area (TPSA) is 104 Å². The fourth-order valence-electron chi connectivity index (χ4n) is 2.19. The molecule has 2 amide bonds. The first-order valence-electron chi connectivity index (χ1n) is 6.55. The average molecular weight is 281 g/mol. The van der Waals surface area contributed by atoms with Crippen molar-refractivity contribution in [2.24, 2.45) is 5.92 Å². The van der Waals surface area contributed by atoms with Gasteiger partial charge in [0, 0.05) is 12.1 Å². The third-order valence-corrected chi connectivity index (χ3v) is 3.82. The van der Waals surface area contributed by atoms with Crippen LogP contribution in [0, 0.1) is 19.8 Å². The number of aryl methyl sites for hydroxylation is 2. The summed E-state index contributed by atoms with van der Waals surface area (Å²) in [7, 11) is 0. The molecule has 1 fully saturated rings. The SMILES string of the molecule is Cc1noc(C)c1CNC(=O)NC(C)(C(=O)O)C1CC1. The number of amides is 2. The number of nitrogens with one attached hydrogen (secondary N) is 2. The highest BCUT2D eigenvalue weighted by atomic mass is 16.5. The van der Waals surface area contributed by atoms with Crippen LogP contribution >= 0.6 is 0 Å². The summed E-state index contributed by atoms with van der Waals surface area (Å²) in [6, 6.07) is -0.498. The zero-order valence-corrected chi connectivity index (χ0v) is 11.8. The lowest BCUT2D eigenvalue weighted by atomic mass is 9.96. The Balaban J connectivity index is 1.94. The summed E-state index contributed by atoms with van der Waals surface area (Å²) in [5.74, 6) is -0.358. The third-order valence-electron chi connectivity index (χ3n) is 3.82. The smallest absolute Gasteiger partial charge is 0.329 e. The lowest BCUT2D eigenvalue weighted by Crippen LogP contribution is -2.56. The normalized spacial score (nSPS) is 17.4. The summed E-state index contributed by atoms with van der Waals surface area (Å²) < 4.78 is 5.00. The van der Waals surface area contributed by atoms with Crippen molar-refractivity contribution in [3.05, 3.63) is 17.0 Å². The van der Waals surface area contributed by atoms with Crippen molar-refractivity contribution in [3.63, 3.8) is 0 Å². The second-order valence-corrected chi connectivity index (χ2v) is 5.39. The fourth-order valence-corrected chi connectivity index (χ4v) is 2.19. The van der Waals surface area contributed by atoms with Gasteiger partial charge in [0.15, 0.2) is 0 Å². The van der Waals surface area contributed by atoms with Crippen molar-refractivity contribution in [1.29, 1.82) is 0 Å². The lowest BCUT2D eigenvalue weighted by molar-refractivity contribution is -0.144. The maximum atomic E-state index is 11.9. The molecule has 7 heteroatoms. The first-order valence-corrected chi connectivity index (χ1v) is 6.55. The fraction of sp³-hybridized carbons (Fsp3) is 0.615. The van der Waals surface area contributed by atoms with Gasteiger partial charge in [-0.1, -0.05) is 5.16 Å². The van der Waals surface area contributed by atoms with Gasteiger partial charge in [-0.05, 0) is 39.5 Å². The molecule has 7 nitrogen and oxygen atoms in total. The van der Waals surface area contributed by atoms with E-state index in [1.807, 2.05) is 0 Å². The van der Waals surface area contributed by atoms with Crippen LogP contribution in [0.3, 0.4) is 0 Å². The van der Waals surface area contributed by atoms with Crippen LogP contribution in [0.4, 0.5) is 4.79 Å². The van der Waals surface area contributed by atoms with E-state index in [4.69, 9.17) is 4.52 Å². The number of hydrogen-bond acceptors (Lipinski definition) is 4. The minimum absolute atomic E-state index is 0.00446. The molecule has 0 aliphatic heterocycles. The van der Waals surface area contributed by atoms with Gasteiger partial charge in [0.05, 0.1) is 5.69 Å². The predicted octanol–water partition coefficient (Wildman–Crippen LogP) is 1.34. The number of aliphatic carboxylic acids is 1. The van der Waals surface area contributed by atoms with E-state index in [-0.39, 0.29) is 12.5 Å². The minimum Gasteiger partial charge on any atom is -0.480 e. The first kappa shape index (κ1) is 14.4. The summed E-state index contributed by atoms with van der Waals surface area (Å²) >= 11 is 0. The maximum Gasteiger partial charge on any atom is 0.329 e. The number of rotatable bonds is 5. The van der Waals surface area contributed by atoms with Crippen LogP contribution in [0.15, 0.2) is 4.52 Å². The molecule has 110 valence electrons. The maximum absolute atomic E-state index is 11.9. The van der Waals surface area contributed by atoms with Crippen LogP contribution in [0.2, 0.25) is 0 Å². The molecule has 0 bridgehead atoms. The quantitative estimate of drug-likeness (QED) is 0.755. The summed E-state index contributed by atoms with van der Waals surface area (Å²) in [5.41, 5.74) is 0.317. The molecule has 0 saturated heterocycles. The van der Waals surface area contributed by atoms with E-state index in [2.05, 4.69) is 15.8 Å². The van der Waals surface area contributed by atoms with Gasteiger partial charge < -0.3 is 20.3 Å². The molecule has 1 aliphatic rings. The molecule has 1 atom stereocenters. The molecule has 3 N–H and O–H groups in total. The Bertz CT molecular complexity index is 516. The molecule has 1 unspecified atom stereocenters. The number of carboxylic acid groups (broad SMARTS) is 1. The van der Waals surface area contributed by atoms with Crippen molar-refractivity contribution in [2.45, 2.75) is 45.7 Å². The molecule has 1 aromatic rings. The Morgan fingerprint density at radius 2 is 2.10 bits per heavy atom. The lowest BCUT2D eigenvalue weighted by Gasteiger charge is -2.26. The highest BCUT2D eigenvalue weighted by Crippen LogP contribution is 2.39. The van der Waals surface area contributed by atoms with Crippen molar-refractivity contribution in [1.82, 2.24) is 15.8 Å². The zero-order chi connectivity index (χ0) is 14.9. The standard InChI is InChI=1S/C13H19N3O4/c1-7-10(8(2)20-16-7)6-14-12(19)15-13(3,11(17)18)9-4-5-9/h9H,4-6H2,1-3H3,(H,17,18)(H2,14,15,19). The Kier molecular flexibility index (Phi) is 3.69. The Morgan fingerprint density at radius 3 is 2.55 bits per heavy atom. The zero-order valence-electron chi connectivity index (χ0n) is 11.8. The molecule has 1 saturated carbocycles. The molecule has 20 heavy (non-hydrogen) atoms. The van der Waals surface area contributed by atoms with Crippen LogP contribution < -0.4 is 10.6 Å². The van der Waals surface area contributed by atoms with Gasteiger partial charge >= 0.3 is 12.0 Å². The van der Waals surface area contributed by atoms with Crippen LogP contribution in [0.5, 0.6) is 0 Å². The third kappa shape index (κ3) is 2.76. The van der Waals surface area contributed by atoms with Crippen LogP contribution in [-0.4, -0.2) is 27.8 Å². The van der Waals surface area contributed by atoms with E-state index < -0.39 is 17.5 Å². The molecule has 1 aliphatic carbocycles. The van der Waals surface area contributed by atoms with Crippen LogP contribution in [0.1, 0.15) is 36.8 Å². The number of carboxylic acids is 1. The summed E-state index contributed by atoms with van der Waals surface area (Å²) in [6.07, 6.45) is 1.65. The molecule has 0 spiro atoms. The van der Waals surface area contributed by atoms with Gasteiger partial charge in [-0.15, -0.1) is 0 Å². The van der Waals surface area contributed by atoms with Crippen molar-refractivity contribution < 1.29 is 19.2 Å². The van der Waals surface area contributed by atoms with Gasteiger partial charge in [0.25, 0.3) is 0 Å². The molecule has 2 rings (SSSR count). The van der Waals surface area contributed by atoms with Crippen LogP contribution in [0.25, 0.3) is 0 Å². The highest BCUT2D eigenvalue weighted by molar-refractivity contribution is 5.86. The second kappa shape index (κ2) is 5.15. The van der Waals surface area contributed by atoms with E-state index in [1.165, 1.54) is 0 Å². The number of carbonyl (C=O) groups excluding carboxylic acids is 1. The monoisotopic (exact) mass is 281 g/mol. The summed E-state index contributed by atoms with van der Waals surface area (Å²) in [5, 5.41) is 18.3. The molecule has 0 radical (unpaired) electrons. The first-order chi connectivity index (χ1) is 9.34. The van der Waals surface area contributed by atoms with E-state index in [1.54, 1.807) is 20.8 Å². The summed E-state index contributed by atoms with van der Waals surface area (Å²) in [4.78, 5) is 23.2. The minimum atomic E-state index is -1.21. The number of aromatic nitrogens is 1. The van der Waals surface area contributed by atoms with E-state index in [0.29, 0.717) is 11.5 Å². The Morgan fingerprint density at radius 1 is 1.45 bits per heavy atom.